The lowest BCUT2D eigenvalue weighted by Gasteiger charge is -2.13. The summed E-state index contributed by atoms with van der Waals surface area (Å²) in [5.41, 5.74) is 2.78. The molecule has 0 spiro atoms. The summed E-state index contributed by atoms with van der Waals surface area (Å²) < 4.78 is 10.2. The quantitative estimate of drug-likeness (QED) is 0.731. The molecule has 0 aliphatic heterocycles. The first-order chi connectivity index (χ1) is 11.1. The molecule has 3 rings (SSSR count). The molecule has 0 N–H and O–H groups in total. The Kier molecular flexibility index (Phi) is 3.92. The molecule has 0 fully saturated rings. The summed E-state index contributed by atoms with van der Waals surface area (Å²) in [7, 11) is 7.00. The molecule has 0 saturated carbocycles. The van der Waals surface area contributed by atoms with Gasteiger partial charge in [-0.05, 0) is 18.2 Å². The fourth-order valence-electron chi connectivity index (χ4n) is 2.16. The number of hydrogen-bond donors (Lipinski definition) is 0. The zero-order chi connectivity index (χ0) is 16.4. The van der Waals surface area contributed by atoms with Crippen molar-refractivity contribution in [2.45, 2.75) is 0 Å². The number of anilines is 1. The number of benzene rings is 1. The number of hydrogen-bond acceptors (Lipinski definition) is 7. The summed E-state index contributed by atoms with van der Waals surface area (Å²) in [4.78, 5) is 19.0. The highest BCUT2D eigenvalue weighted by atomic mass is 16.5. The molecular formula is C16H17N5O2. The lowest BCUT2D eigenvalue weighted by molar-refractivity contribution is 0.341. The van der Waals surface area contributed by atoms with Crippen molar-refractivity contribution in [1.29, 1.82) is 0 Å². The first kappa shape index (κ1) is 15.0. The average molecular weight is 311 g/mol. The molecule has 0 radical (unpaired) electrons. The number of ether oxygens (including phenoxy) is 2. The van der Waals surface area contributed by atoms with E-state index in [0.717, 1.165) is 22.2 Å². The van der Waals surface area contributed by atoms with E-state index >= 15 is 0 Å². The Hall–Kier alpha value is -2.96. The highest BCUT2D eigenvalue weighted by Gasteiger charge is 2.10. The smallest absolute Gasteiger partial charge is 0.322 e. The Morgan fingerprint density at radius 2 is 1.61 bits per heavy atom. The normalized spacial score (nSPS) is 10.6. The SMILES string of the molecule is COc1nc(OC)nc(-c2cnc3cc(N(C)C)ccc3c2)n1. The second kappa shape index (κ2) is 6.04. The second-order valence-electron chi connectivity index (χ2n) is 5.13. The number of nitrogens with zero attached hydrogens (tertiary/aromatic N) is 5. The van der Waals surface area contributed by atoms with Gasteiger partial charge in [0.05, 0.1) is 19.7 Å². The van der Waals surface area contributed by atoms with E-state index in [0.29, 0.717) is 5.82 Å². The van der Waals surface area contributed by atoms with E-state index in [4.69, 9.17) is 9.47 Å². The first-order valence-corrected chi connectivity index (χ1v) is 7.02. The number of aromatic nitrogens is 4. The van der Waals surface area contributed by atoms with Gasteiger partial charge in [0.2, 0.25) is 0 Å². The molecule has 118 valence electrons. The van der Waals surface area contributed by atoms with Gasteiger partial charge in [-0.25, -0.2) is 0 Å². The number of rotatable bonds is 4. The number of pyridine rings is 1. The van der Waals surface area contributed by atoms with Crippen molar-refractivity contribution in [3.05, 3.63) is 30.5 Å². The topological polar surface area (TPSA) is 73.3 Å². The summed E-state index contributed by atoms with van der Waals surface area (Å²) in [5, 5.41) is 1.01. The molecule has 2 heterocycles. The van der Waals surface area contributed by atoms with Crippen LogP contribution in [0.3, 0.4) is 0 Å². The van der Waals surface area contributed by atoms with E-state index in [1.807, 2.05) is 43.3 Å². The lowest BCUT2D eigenvalue weighted by atomic mass is 10.1. The predicted octanol–water partition coefficient (Wildman–Crippen LogP) is 2.17. The molecule has 7 heteroatoms. The highest BCUT2D eigenvalue weighted by Crippen LogP contribution is 2.25. The molecule has 7 nitrogen and oxygen atoms in total. The average Bonchev–Trinajstić information content (AvgIpc) is 2.60. The Balaban J connectivity index is 2.08. The lowest BCUT2D eigenvalue weighted by Crippen LogP contribution is -2.08. The maximum Gasteiger partial charge on any atom is 0.322 e. The van der Waals surface area contributed by atoms with E-state index in [1.165, 1.54) is 14.2 Å². The Bertz CT molecular complexity index is 829. The van der Waals surface area contributed by atoms with Crippen molar-refractivity contribution >= 4 is 16.6 Å². The van der Waals surface area contributed by atoms with Crippen molar-refractivity contribution < 1.29 is 9.47 Å². The highest BCUT2D eigenvalue weighted by molar-refractivity contribution is 5.85. The van der Waals surface area contributed by atoms with Crippen LogP contribution < -0.4 is 14.4 Å². The molecule has 0 amide bonds. The number of methoxy groups -OCH3 is 2. The van der Waals surface area contributed by atoms with Crippen LogP contribution in [0.15, 0.2) is 30.5 Å². The van der Waals surface area contributed by atoms with Crippen LogP contribution in [0.1, 0.15) is 0 Å². The molecule has 0 bridgehead atoms. The van der Waals surface area contributed by atoms with Crippen LogP contribution in [0.5, 0.6) is 12.0 Å². The van der Waals surface area contributed by atoms with Crippen LogP contribution in [0.2, 0.25) is 0 Å². The van der Waals surface area contributed by atoms with Crippen molar-refractivity contribution in [3.63, 3.8) is 0 Å². The molecular weight excluding hydrogens is 294 g/mol. The fraction of sp³-hybridized carbons (Fsp3) is 0.250. The number of fused-ring (bicyclic) bond motifs is 1. The van der Waals surface area contributed by atoms with Gasteiger partial charge in [0.15, 0.2) is 5.82 Å². The minimum absolute atomic E-state index is 0.204. The molecule has 0 atom stereocenters. The van der Waals surface area contributed by atoms with Crippen LogP contribution in [0, 0.1) is 0 Å². The third kappa shape index (κ3) is 2.98. The Morgan fingerprint density at radius 1 is 0.913 bits per heavy atom. The van der Waals surface area contributed by atoms with Crippen molar-refractivity contribution in [1.82, 2.24) is 19.9 Å². The van der Waals surface area contributed by atoms with Crippen LogP contribution in [-0.2, 0) is 0 Å². The van der Waals surface area contributed by atoms with Gasteiger partial charge in [0, 0.05) is 36.9 Å². The van der Waals surface area contributed by atoms with E-state index in [9.17, 15) is 0 Å². The van der Waals surface area contributed by atoms with Gasteiger partial charge >= 0.3 is 12.0 Å². The Morgan fingerprint density at radius 3 is 2.22 bits per heavy atom. The third-order valence-electron chi connectivity index (χ3n) is 3.40. The second-order valence-corrected chi connectivity index (χ2v) is 5.13. The van der Waals surface area contributed by atoms with Gasteiger partial charge in [-0.1, -0.05) is 6.07 Å². The minimum atomic E-state index is 0.204. The fourth-order valence-corrected chi connectivity index (χ4v) is 2.16. The molecule has 0 unspecified atom stereocenters. The van der Waals surface area contributed by atoms with Gasteiger partial charge in [-0.3, -0.25) is 4.98 Å². The van der Waals surface area contributed by atoms with Crippen LogP contribution >= 0.6 is 0 Å². The maximum absolute atomic E-state index is 5.08. The van der Waals surface area contributed by atoms with Crippen molar-refractivity contribution in [3.8, 4) is 23.4 Å². The van der Waals surface area contributed by atoms with Gasteiger partial charge in [0.25, 0.3) is 0 Å². The summed E-state index contributed by atoms with van der Waals surface area (Å²) in [6.07, 6.45) is 1.73. The van der Waals surface area contributed by atoms with E-state index < -0.39 is 0 Å². The summed E-state index contributed by atoms with van der Waals surface area (Å²) in [6.45, 7) is 0. The minimum Gasteiger partial charge on any atom is -0.467 e. The molecule has 0 saturated heterocycles. The van der Waals surface area contributed by atoms with Gasteiger partial charge in [-0.15, -0.1) is 4.98 Å². The molecule has 0 aliphatic rings. The summed E-state index contributed by atoms with van der Waals surface area (Å²) >= 11 is 0. The van der Waals surface area contributed by atoms with E-state index in [2.05, 4.69) is 19.9 Å². The van der Waals surface area contributed by atoms with Crippen LogP contribution in [-0.4, -0.2) is 48.3 Å². The van der Waals surface area contributed by atoms with Gasteiger partial charge in [-0.2, -0.15) is 9.97 Å². The van der Waals surface area contributed by atoms with Crippen LogP contribution in [0.25, 0.3) is 22.3 Å². The first-order valence-electron chi connectivity index (χ1n) is 7.02. The van der Waals surface area contributed by atoms with Gasteiger partial charge < -0.3 is 14.4 Å². The molecule has 0 aliphatic carbocycles. The Labute approximate surface area is 133 Å². The molecule has 23 heavy (non-hydrogen) atoms. The van der Waals surface area contributed by atoms with E-state index in [1.54, 1.807) is 6.20 Å². The molecule has 1 aromatic carbocycles. The van der Waals surface area contributed by atoms with E-state index in [-0.39, 0.29) is 12.0 Å². The zero-order valence-electron chi connectivity index (χ0n) is 13.4. The standard InChI is InChI=1S/C16H17N5O2/c1-21(2)12-6-5-10-7-11(9-17-13(10)8-12)14-18-15(22-3)20-16(19-14)23-4/h5-9H,1-4H3. The van der Waals surface area contributed by atoms with Crippen LogP contribution in [0.4, 0.5) is 5.69 Å². The summed E-state index contributed by atoms with van der Waals surface area (Å²) in [5.74, 6) is 0.458. The largest absolute Gasteiger partial charge is 0.467 e. The zero-order valence-corrected chi connectivity index (χ0v) is 13.4. The molecule has 3 aromatic rings. The molecule has 2 aromatic heterocycles. The predicted molar refractivity (Wildman–Crippen MR) is 88.0 cm³/mol. The third-order valence-corrected chi connectivity index (χ3v) is 3.40. The van der Waals surface area contributed by atoms with Gasteiger partial charge in [0.1, 0.15) is 0 Å². The monoisotopic (exact) mass is 311 g/mol. The van der Waals surface area contributed by atoms with Crippen molar-refractivity contribution in [2.24, 2.45) is 0 Å². The maximum atomic E-state index is 5.08. The summed E-state index contributed by atoms with van der Waals surface area (Å²) in [6, 6.07) is 8.49. The van der Waals surface area contributed by atoms with Crippen molar-refractivity contribution in [2.75, 3.05) is 33.2 Å².